The molecule has 1 aromatic rings. The van der Waals surface area contributed by atoms with Crippen molar-refractivity contribution in [2.45, 2.75) is 6.54 Å². The van der Waals surface area contributed by atoms with E-state index < -0.39 is 5.91 Å². The fourth-order valence-electron chi connectivity index (χ4n) is 1.07. The van der Waals surface area contributed by atoms with E-state index in [1.54, 1.807) is 12.1 Å². The standard InChI is InChI=1S/C11H12N2O/c1-2-7-13-8-9-3-5-10(6-4-9)11(12)14/h1,3-6,13H,7-8H2,(H2,12,14). The lowest BCUT2D eigenvalue weighted by Crippen LogP contribution is -2.14. The van der Waals surface area contributed by atoms with E-state index in [9.17, 15) is 4.79 Å². The fraction of sp³-hybridized carbons (Fsp3) is 0.182. The first-order valence-electron chi connectivity index (χ1n) is 4.27. The minimum atomic E-state index is -0.409. The Kier molecular flexibility index (Phi) is 3.71. The number of nitrogens with two attached hydrogens (primary N) is 1. The van der Waals surface area contributed by atoms with Gasteiger partial charge in [-0.2, -0.15) is 0 Å². The normalized spacial score (nSPS) is 9.36. The van der Waals surface area contributed by atoms with Crippen LogP contribution in [0.25, 0.3) is 0 Å². The second-order valence-electron chi connectivity index (χ2n) is 2.87. The Labute approximate surface area is 83.3 Å². The number of hydrogen-bond donors (Lipinski definition) is 2. The molecule has 0 unspecified atom stereocenters. The van der Waals surface area contributed by atoms with Gasteiger partial charge in [-0.1, -0.05) is 18.1 Å². The molecule has 72 valence electrons. The van der Waals surface area contributed by atoms with Crippen LogP contribution in [-0.2, 0) is 6.54 Å². The first-order valence-corrected chi connectivity index (χ1v) is 4.27. The predicted molar refractivity (Wildman–Crippen MR) is 55.5 cm³/mol. The minimum Gasteiger partial charge on any atom is -0.366 e. The summed E-state index contributed by atoms with van der Waals surface area (Å²) < 4.78 is 0. The second-order valence-corrected chi connectivity index (χ2v) is 2.87. The van der Waals surface area contributed by atoms with E-state index in [0.29, 0.717) is 18.7 Å². The molecule has 0 saturated carbocycles. The van der Waals surface area contributed by atoms with Gasteiger partial charge in [0, 0.05) is 12.1 Å². The van der Waals surface area contributed by atoms with E-state index in [0.717, 1.165) is 5.56 Å². The molecule has 3 N–H and O–H groups in total. The van der Waals surface area contributed by atoms with Gasteiger partial charge in [0.15, 0.2) is 0 Å². The van der Waals surface area contributed by atoms with Crippen LogP contribution in [0.1, 0.15) is 15.9 Å². The van der Waals surface area contributed by atoms with Crippen LogP contribution in [0.15, 0.2) is 24.3 Å². The van der Waals surface area contributed by atoms with E-state index in [1.807, 2.05) is 12.1 Å². The van der Waals surface area contributed by atoms with Crippen LogP contribution in [-0.4, -0.2) is 12.5 Å². The van der Waals surface area contributed by atoms with Gasteiger partial charge >= 0.3 is 0 Å². The zero-order valence-corrected chi connectivity index (χ0v) is 7.79. The molecule has 0 aliphatic heterocycles. The van der Waals surface area contributed by atoms with Crippen LogP contribution in [0.5, 0.6) is 0 Å². The van der Waals surface area contributed by atoms with Gasteiger partial charge in [-0.05, 0) is 17.7 Å². The second kappa shape index (κ2) is 5.05. The highest BCUT2D eigenvalue weighted by molar-refractivity contribution is 5.92. The number of primary amides is 1. The van der Waals surface area contributed by atoms with Gasteiger partial charge in [-0.3, -0.25) is 4.79 Å². The SMILES string of the molecule is C#CCNCc1ccc(C(N)=O)cc1. The summed E-state index contributed by atoms with van der Waals surface area (Å²) in [5.74, 6) is 2.07. The van der Waals surface area contributed by atoms with E-state index in [2.05, 4.69) is 11.2 Å². The van der Waals surface area contributed by atoms with Crippen LogP contribution in [0.3, 0.4) is 0 Å². The topological polar surface area (TPSA) is 55.1 Å². The summed E-state index contributed by atoms with van der Waals surface area (Å²) >= 11 is 0. The van der Waals surface area contributed by atoms with Crippen molar-refractivity contribution in [3.8, 4) is 12.3 Å². The molecule has 0 spiro atoms. The summed E-state index contributed by atoms with van der Waals surface area (Å²) in [6, 6.07) is 7.11. The maximum Gasteiger partial charge on any atom is 0.248 e. The first-order chi connectivity index (χ1) is 6.74. The Morgan fingerprint density at radius 2 is 2.07 bits per heavy atom. The highest BCUT2D eigenvalue weighted by atomic mass is 16.1. The van der Waals surface area contributed by atoms with Crippen molar-refractivity contribution in [1.29, 1.82) is 0 Å². The molecule has 0 bridgehead atoms. The Morgan fingerprint density at radius 1 is 1.43 bits per heavy atom. The highest BCUT2D eigenvalue weighted by Gasteiger charge is 1.98. The van der Waals surface area contributed by atoms with Crippen LogP contribution in [0.4, 0.5) is 0 Å². The minimum absolute atomic E-state index is 0.409. The van der Waals surface area contributed by atoms with Crippen LogP contribution in [0, 0.1) is 12.3 Å². The maximum absolute atomic E-state index is 10.8. The number of amides is 1. The van der Waals surface area contributed by atoms with E-state index in [1.165, 1.54) is 0 Å². The molecular formula is C11H12N2O. The number of hydrogen-bond acceptors (Lipinski definition) is 2. The molecule has 3 heteroatoms. The largest absolute Gasteiger partial charge is 0.366 e. The summed E-state index contributed by atoms with van der Waals surface area (Å²) in [4.78, 5) is 10.8. The third kappa shape index (κ3) is 2.92. The lowest BCUT2D eigenvalue weighted by atomic mass is 10.1. The smallest absolute Gasteiger partial charge is 0.248 e. The van der Waals surface area contributed by atoms with Crippen molar-refractivity contribution >= 4 is 5.91 Å². The van der Waals surface area contributed by atoms with Crippen molar-refractivity contribution < 1.29 is 4.79 Å². The third-order valence-corrected chi connectivity index (χ3v) is 1.79. The van der Waals surface area contributed by atoms with Gasteiger partial charge in [0.05, 0.1) is 6.54 Å². The van der Waals surface area contributed by atoms with E-state index in [-0.39, 0.29) is 0 Å². The summed E-state index contributed by atoms with van der Waals surface area (Å²) in [7, 11) is 0. The monoisotopic (exact) mass is 188 g/mol. The van der Waals surface area contributed by atoms with Gasteiger partial charge in [0.25, 0.3) is 0 Å². The molecule has 0 saturated heterocycles. The molecule has 0 heterocycles. The third-order valence-electron chi connectivity index (χ3n) is 1.79. The summed E-state index contributed by atoms with van der Waals surface area (Å²) in [6.07, 6.45) is 5.08. The van der Waals surface area contributed by atoms with Crippen molar-refractivity contribution in [1.82, 2.24) is 5.32 Å². The summed E-state index contributed by atoms with van der Waals surface area (Å²) in [5, 5.41) is 3.05. The zero-order chi connectivity index (χ0) is 10.4. The molecule has 0 aliphatic carbocycles. The average molecular weight is 188 g/mol. The molecule has 0 aliphatic rings. The van der Waals surface area contributed by atoms with Crippen molar-refractivity contribution in [2.24, 2.45) is 5.73 Å². The predicted octanol–water partition coefficient (Wildman–Crippen LogP) is 0.508. The molecule has 1 amide bonds. The first kappa shape index (κ1) is 10.3. The zero-order valence-electron chi connectivity index (χ0n) is 7.79. The summed E-state index contributed by atoms with van der Waals surface area (Å²) in [5.41, 5.74) is 6.70. The Hall–Kier alpha value is -1.79. The Morgan fingerprint density at radius 3 is 2.57 bits per heavy atom. The average Bonchev–Trinajstić information content (AvgIpc) is 2.19. The lowest BCUT2D eigenvalue weighted by Gasteiger charge is -2.01. The molecular weight excluding hydrogens is 176 g/mol. The number of rotatable bonds is 4. The van der Waals surface area contributed by atoms with Crippen molar-refractivity contribution in [3.05, 3.63) is 35.4 Å². The maximum atomic E-state index is 10.8. The van der Waals surface area contributed by atoms with Crippen LogP contribution < -0.4 is 11.1 Å². The number of carbonyl (C=O) groups is 1. The van der Waals surface area contributed by atoms with Gasteiger partial charge in [0.2, 0.25) is 5.91 Å². The van der Waals surface area contributed by atoms with Crippen LogP contribution >= 0.6 is 0 Å². The number of benzene rings is 1. The molecule has 0 fully saturated rings. The van der Waals surface area contributed by atoms with Gasteiger partial charge in [-0.15, -0.1) is 6.42 Å². The van der Waals surface area contributed by atoms with Gasteiger partial charge in [-0.25, -0.2) is 0 Å². The Balaban J connectivity index is 2.56. The van der Waals surface area contributed by atoms with E-state index >= 15 is 0 Å². The molecule has 3 nitrogen and oxygen atoms in total. The van der Waals surface area contributed by atoms with Crippen molar-refractivity contribution in [3.63, 3.8) is 0 Å². The molecule has 1 rings (SSSR count). The van der Waals surface area contributed by atoms with Gasteiger partial charge < -0.3 is 11.1 Å². The number of nitrogens with one attached hydrogen (secondary N) is 1. The van der Waals surface area contributed by atoms with E-state index in [4.69, 9.17) is 12.2 Å². The lowest BCUT2D eigenvalue weighted by molar-refractivity contribution is 0.100. The molecule has 0 atom stereocenters. The molecule has 14 heavy (non-hydrogen) atoms. The quantitative estimate of drug-likeness (QED) is 0.534. The molecule has 1 aromatic carbocycles. The molecule has 0 radical (unpaired) electrons. The highest BCUT2D eigenvalue weighted by Crippen LogP contribution is 2.03. The molecule has 0 aromatic heterocycles. The van der Waals surface area contributed by atoms with Gasteiger partial charge in [0.1, 0.15) is 0 Å². The van der Waals surface area contributed by atoms with Crippen molar-refractivity contribution in [2.75, 3.05) is 6.54 Å². The number of terminal acetylenes is 1. The Bertz CT molecular complexity index is 349. The summed E-state index contributed by atoms with van der Waals surface area (Å²) in [6.45, 7) is 1.24. The fourth-order valence-corrected chi connectivity index (χ4v) is 1.07. The number of carbonyl (C=O) groups excluding carboxylic acids is 1. The van der Waals surface area contributed by atoms with Crippen LogP contribution in [0.2, 0.25) is 0 Å².